The van der Waals surface area contributed by atoms with Crippen LogP contribution in [0.15, 0.2) is 24.9 Å². The molecular formula is C13H21N5O. The number of anilines is 1. The third-order valence-electron chi connectivity index (χ3n) is 2.93. The molecule has 1 N–H and O–H groups in total. The Bertz CT molecular complexity index is 503. The second kappa shape index (κ2) is 6.38. The van der Waals surface area contributed by atoms with Crippen molar-refractivity contribution in [3.63, 3.8) is 0 Å². The van der Waals surface area contributed by atoms with Gasteiger partial charge in [-0.05, 0) is 13.8 Å². The van der Waals surface area contributed by atoms with Gasteiger partial charge in [0, 0.05) is 25.5 Å². The van der Waals surface area contributed by atoms with Gasteiger partial charge < -0.3 is 14.6 Å². The Labute approximate surface area is 113 Å². The molecule has 104 valence electrons. The Kier molecular flexibility index (Phi) is 4.57. The van der Waals surface area contributed by atoms with Crippen LogP contribution in [0.1, 0.15) is 25.6 Å². The highest BCUT2D eigenvalue weighted by molar-refractivity contribution is 5.38. The maximum Gasteiger partial charge on any atom is 0.0951 e. The van der Waals surface area contributed by atoms with Gasteiger partial charge in [0.1, 0.15) is 0 Å². The molecule has 2 heterocycles. The topological polar surface area (TPSA) is 56.9 Å². The van der Waals surface area contributed by atoms with Crippen LogP contribution in [-0.2, 0) is 17.8 Å². The Hall–Kier alpha value is -1.82. The van der Waals surface area contributed by atoms with E-state index in [-0.39, 0.29) is 0 Å². The van der Waals surface area contributed by atoms with Crippen LogP contribution >= 0.6 is 0 Å². The second-order valence-electron chi connectivity index (χ2n) is 4.72. The summed E-state index contributed by atoms with van der Waals surface area (Å²) in [5.74, 6) is 0. The molecule has 0 fully saturated rings. The number of rotatable bonds is 7. The fraction of sp³-hybridized carbons (Fsp3) is 0.538. The first-order chi connectivity index (χ1) is 9.20. The molecule has 2 aromatic heterocycles. The molecule has 2 aromatic rings. The van der Waals surface area contributed by atoms with Gasteiger partial charge in [-0.25, -0.2) is 4.98 Å². The highest BCUT2D eigenvalue weighted by Crippen LogP contribution is 2.12. The minimum atomic E-state index is 0.420. The van der Waals surface area contributed by atoms with Gasteiger partial charge in [0.2, 0.25) is 0 Å². The van der Waals surface area contributed by atoms with Gasteiger partial charge in [0.05, 0.1) is 43.6 Å². The summed E-state index contributed by atoms with van der Waals surface area (Å²) in [6.07, 6.45) is 7.56. The Morgan fingerprint density at radius 2 is 2.21 bits per heavy atom. The molecule has 19 heavy (non-hydrogen) atoms. The van der Waals surface area contributed by atoms with Crippen LogP contribution in [0.3, 0.4) is 0 Å². The van der Waals surface area contributed by atoms with E-state index >= 15 is 0 Å². The van der Waals surface area contributed by atoms with E-state index in [1.807, 2.05) is 29.6 Å². The predicted octanol–water partition coefficient (Wildman–Crippen LogP) is 1.92. The van der Waals surface area contributed by atoms with E-state index in [0.29, 0.717) is 12.6 Å². The molecule has 0 aliphatic heterocycles. The van der Waals surface area contributed by atoms with E-state index in [2.05, 4.69) is 33.8 Å². The van der Waals surface area contributed by atoms with Gasteiger partial charge in [0.25, 0.3) is 0 Å². The van der Waals surface area contributed by atoms with Crippen molar-refractivity contribution in [3.05, 3.63) is 30.6 Å². The lowest BCUT2D eigenvalue weighted by atomic mass is 10.3. The first kappa shape index (κ1) is 13.6. The number of methoxy groups -OCH3 is 1. The van der Waals surface area contributed by atoms with Gasteiger partial charge in [-0.2, -0.15) is 5.10 Å². The fourth-order valence-corrected chi connectivity index (χ4v) is 1.89. The maximum absolute atomic E-state index is 5.02. The summed E-state index contributed by atoms with van der Waals surface area (Å²) in [5, 5.41) is 7.62. The van der Waals surface area contributed by atoms with E-state index in [1.54, 1.807) is 7.11 Å². The van der Waals surface area contributed by atoms with Gasteiger partial charge >= 0.3 is 0 Å². The monoisotopic (exact) mass is 263 g/mol. The second-order valence-corrected chi connectivity index (χ2v) is 4.72. The van der Waals surface area contributed by atoms with Crippen molar-refractivity contribution in [2.75, 3.05) is 19.0 Å². The summed E-state index contributed by atoms with van der Waals surface area (Å²) < 4.78 is 9.04. The average molecular weight is 263 g/mol. The molecule has 0 aliphatic rings. The fourth-order valence-electron chi connectivity index (χ4n) is 1.89. The molecule has 0 radical (unpaired) electrons. The van der Waals surface area contributed by atoms with Crippen molar-refractivity contribution in [1.82, 2.24) is 19.3 Å². The van der Waals surface area contributed by atoms with Crippen LogP contribution < -0.4 is 5.32 Å². The number of aromatic nitrogens is 4. The lowest BCUT2D eigenvalue weighted by Gasteiger charge is -2.12. The minimum absolute atomic E-state index is 0.420. The van der Waals surface area contributed by atoms with E-state index in [9.17, 15) is 0 Å². The average Bonchev–Trinajstić information content (AvgIpc) is 3.02. The molecule has 0 atom stereocenters. The van der Waals surface area contributed by atoms with Crippen LogP contribution in [0.2, 0.25) is 0 Å². The first-order valence-corrected chi connectivity index (χ1v) is 6.46. The lowest BCUT2D eigenvalue weighted by Crippen LogP contribution is -2.08. The van der Waals surface area contributed by atoms with Crippen molar-refractivity contribution < 1.29 is 4.74 Å². The van der Waals surface area contributed by atoms with Crippen LogP contribution in [0.4, 0.5) is 5.69 Å². The van der Waals surface area contributed by atoms with Crippen molar-refractivity contribution in [2.45, 2.75) is 33.0 Å². The first-order valence-electron chi connectivity index (χ1n) is 6.46. The molecular weight excluding hydrogens is 242 g/mol. The molecule has 2 rings (SSSR count). The summed E-state index contributed by atoms with van der Waals surface area (Å²) in [5.41, 5.74) is 2.17. The molecule has 6 nitrogen and oxygen atoms in total. The van der Waals surface area contributed by atoms with E-state index < -0.39 is 0 Å². The van der Waals surface area contributed by atoms with Crippen molar-refractivity contribution in [3.8, 4) is 0 Å². The quantitative estimate of drug-likeness (QED) is 0.829. The highest BCUT2D eigenvalue weighted by Gasteiger charge is 2.05. The van der Waals surface area contributed by atoms with Crippen LogP contribution in [-0.4, -0.2) is 33.0 Å². The van der Waals surface area contributed by atoms with Crippen LogP contribution in [0.25, 0.3) is 0 Å². The molecule has 0 saturated heterocycles. The minimum Gasteiger partial charge on any atom is -0.383 e. The Balaban J connectivity index is 1.91. The summed E-state index contributed by atoms with van der Waals surface area (Å²) in [7, 11) is 1.69. The smallest absolute Gasteiger partial charge is 0.0951 e. The predicted molar refractivity (Wildman–Crippen MR) is 74.0 cm³/mol. The molecule has 0 amide bonds. The number of hydrogen-bond acceptors (Lipinski definition) is 4. The number of hydrogen-bond donors (Lipinski definition) is 1. The molecule has 0 unspecified atom stereocenters. The molecule has 0 aliphatic carbocycles. The highest BCUT2D eigenvalue weighted by atomic mass is 16.5. The van der Waals surface area contributed by atoms with Crippen molar-refractivity contribution >= 4 is 5.69 Å². The zero-order valence-electron chi connectivity index (χ0n) is 11.7. The van der Waals surface area contributed by atoms with E-state index in [0.717, 1.165) is 18.8 Å². The SMILES string of the molecule is COCCn1cc(NCc2cncn2C(C)C)cn1. The van der Waals surface area contributed by atoms with E-state index in [1.165, 1.54) is 5.69 Å². The number of nitrogens with one attached hydrogen (secondary N) is 1. The Morgan fingerprint density at radius 1 is 1.37 bits per heavy atom. The summed E-state index contributed by atoms with van der Waals surface area (Å²) >= 11 is 0. The Morgan fingerprint density at radius 3 is 2.95 bits per heavy atom. The maximum atomic E-state index is 5.02. The molecule has 0 spiro atoms. The van der Waals surface area contributed by atoms with Crippen molar-refractivity contribution in [1.29, 1.82) is 0 Å². The molecule has 6 heteroatoms. The number of nitrogens with zero attached hydrogens (tertiary/aromatic N) is 4. The number of imidazole rings is 1. The molecule has 0 bridgehead atoms. The normalized spacial score (nSPS) is 11.2. The van der Waals surface area contributed by atoms with Gasteiger partial charge in [-0.3, -0.25) is 4.68 Å². The van der Waals surface area contributed by atoms with Gasteiger partial charge in [-0.1, -0.05) is 0 Å². The lowest BCUT2D eigenvalue weighted by molar-refractivity contribution is 0.183. The third-order valence-corrected chi connectivity index (χ3v) is 2.93. The molecule has 0 saturated carbocycles. The molecule has 0 aromatic carbocycles. The van der Waals surface area contributed by atoms with Crippen molar-refractivity contribution in [2.24, 2.45) is 0 Å². The summed E-state index contributed by atoms with van der Waals surface area (Å²) in [6.45, 7) is 6.47. The van der Waals surface area contributed by atoms with E-state index in [4.69, 9.17) is 4.74 Å². The number of ether oxygens (including phenoxy) is 1. The summed E-state index contributed by atoms with van der Waals surface area (Å²) in [4.78, 5) is 4.19. The standard InChI is InChI=1S/C13H21N5O/c1-11(2)18-10-14-7-13(18)8-15-12-6-16-17(9-12)4-5-19-3/h6-7,9-11,15H,4-5,8H2,1-3H3. The van der Waals surface area contributed by atoms with Gasteiger partial charge in [-0.15, -0.1) is 0 Å². The zero-order valence-corrected chi connectivity index (χ0v) is 11.7. The van der Waals surface area contributed by atoms with Crippen LogP contribution in [0.5, 0.6) is 0 Å². The summed E-state index contributed by atoms with van der Waals surface area (Å²) in [6, 6.07) is 0.420. The van der Waals surface area contributed by atoms with Crippen LogP contribution in [0, 0.1) is 0 Å². The van der Waals surface area contributed by atoms with Gasteiger partial charge in [0.15, 0.2) is 0 Å². The third kappa shape index (κ3) is 3.57. The largest absolute Gasteiger partial charge is 0.383 e. The zero-order chi connectivity index (χ0) is 13.7.